The Morgan fingerprint density at radius 3 is 2.62 bits per heavy atom. The minimum absolute atomic E-state index is 0.148. The number of hydrogen-bond acceptors (Lipinski definition) is 5. The standard InChI is InChI=1S/C21H19F3N2O3/c1-14-9-15(3-2-8-25-27)11-19(10-14)28-12-18-13-29-20(26-18)16-4-6-17(7-5-16)21(22,23)24/h2-7,9-11,13,25,27H,8,12H2,1H3. The van der Waals surface area contributed by atoms with Crippen molar-refractivity contribution in [2.24, 2.45) is 0 Å². The Kier molecular flexibility index (Phi) is 6.36. The van der Waals surface area contributed by atoms with Gasteiger partial charge in [-0.25, -0.2) is 10.5 Å². The smallest absolute Gasteiger partial charge is 0.416 e. The summed E-state index contributed by atoms with van der Waals surface area (Å²) in [6.45, 7) is 2.41. The van der Waals surface area contributed by atoms with E-state index in [2.05, 4.69) is 4.98 Å². The van der Waals surface area contributed by atoms with Crippen molar-refractivity contribution < 1.29 is 27.5 Å². The second-order valence-corrected chi connectivity index (χ2v) is 6.35. The number of ether oxygens (including phenoxy) is 1. The Hall–Kier alpha value is -3.10. The summed E-state index contributed by atoms with van der Waals surface area (Å²) in [5.74, 6) is 0.863. The molecule has 0 radical (unpaired) electrons. The molecule has 2 aromatic carbocycles. The van der Waals surface area contributed by atoms with E-state index in [1.165, 1.54) is 18.4 Å². The minimum Gasteiger partial charge on any atom is -0.487 e. The van der Waals surface area contributed by atoms with Gasteiger partial charge in [0, 0.05) is 12.1 Å². The Morgan fingerprint density at radius 2 is 1.93 bits per heavy atom. The highest BCUT2D eigenvalue weighted by Crippen LogP contribution is 2.31. The van der Waals surface area contributed by atoms with E-state index < -0.39 is 11.7 Å². The Bertz CT molecular complexity index is 980. The van der Waals surface area contributed by atoms with Crippen molar-refractivity contribution in [1.82, 2.24) is 10.5 Å². The van der Waals surface area contributed by atoms with Gasteiger partial charge in [0.25, 0.3) is 0 Å². The van der Waals surface area contributed by atoms with Crippen LogP contribution in [0.3, 0.4) is 0 Å². The number of nitrogens with zero attached hydrogens (tertiary/aromatic N) is 1. The number of benzene rings is 2. The van der Waals surface area contributed by atoms with Gasteiger partial charge in [-0.1, -0.05) is 18.2 Å². The molecule has 8 heteroatoms. The predicted octanol–water partition coefficient (Wildman–Crippen LogP) is 5.24. The van der Waals surface area contributed by atoms with Gasteiger partial charge >= 0.3 is 6.18 Å². The fraction of sp³-hybridized carbons (Fsp3) is 0.190. The minimum atomic E-state index is -4.38. The lowest BCUT2D eigenvalue weighted by atomic mass is 10.1. The molecule has 5 nitrogen and oxygen atoms in total. The zero-order valence-corrected chi connectivity index (χ0v) is 15.5. The third kappa shape index (κ3) is 5.69. The van der Waals surface area contributed by atoms with Crippen LogP contribution < -0.4 is 10.2 Å². The maximum Gasteiger partial charge on any atom is 0.416 e. The van der Waals surface area contributed by atoms with Crippen molar-refractivity contribution in [2.45, 2.75) is 19.7 Å². The summed E-state index contributed by atoms with van der Waals surface area (Å²) < 4.78 is 49.1. The molecule has 0 bridgehead atoms. The number of hydroxylamine groups is 1. The van der Waals surface area contributed by atoms with Crippen molar-refractivity contribution >= 4 is 6.08 Å². The van der Waals surface area contributed by atoms with Gasteiger partial charge in [0.2, 0.25) is 5.89 Å². The third-order valence-electron chi connectivity index (χ3n) is 3.99. The van der Waals surface area contributed by atoms with Crippen LogP contribution in [0.2, 0.25) is 0 Å². The van der Waals surface area contributed by atoms with E-state index in [0.29, 0.717) is 23.6 Å². The number of alkyl halides is 3. The van der Waals surface area contributed by atoms with Crippen LogP contribution in [-0.4, -0.2) is 16.7 Å². The summed E-state index contributed by atoms with van der Waals surface area (Å²) in [5.41, 5.74) is 4.21. The summed E-state index contributed by atoms with van der Waals surface area (Å²) in [5, 5.41) is 8.61. The molecule has 152 valence electrons. The average Bonchev–Trinajstić information content (AvgIpc) is 3.15. The summed E-state index contributed by atoms with van der Waals surface area (Å²) in [4.78, 5) is 4.27. The molecule has 1 aromatic heterocycles. The van der Waals surface area contributed by atoms with Crippen LogP contribution in [0, 0.1) is 6.92 Å². The molecular weight excluding hydrogens is 385 g/mol. The normalized spacial score (nSPS) is 11.9. The van der Waals surface area contributed by atoms with Gasteiger partial charge in [0.05, 0.1) is 5.56 Å². The number of oxazole rings is 1. The van der Waals surface area contributed by atoms with Gasteiger partial charge in [-0.3, -0.25) is 0 Å². The lowest BCUT2D eigenvalue weighted by Gasteiger charge is -2.07. The Balaban J connectivity index is 1.66. The Morgan fingerprint density at radius 1 is 1.17 bits per heavy atom. The van der Waals surface area contributed by atoms with Gasteiger partial charge < -0.3 is 14.4 Å². The van der Waals surface area contributed by atoms with Crippen LogP contribution in [0.15, 0.2) is 59.2 Å². The topological polar surface area (TPSA) is 67.5 Å². The van der Waals surface area contributed by atoms with Crippen molar-refractivity contribution in [3.63, 3.8) is 0 Å². The zero-order valence-electron chi connectivity index (χ0n) is 15.5. The monoisotopic (exact) mass is 404 g/mol. The number of halogens is 3. The molecule has 0 saturated carbocycles. The molecule has 3 aromatic rings. The maximum absolute atomic E-state index is 12.7. The van der Waals surface area contributed by atoms with Crippen LogP contribution in [0.25, 0.3) is 17.5 Å². The highest BCUT2D eigenvalue weighted by atomic mass is 19.4. The number of aromatic nitrogens is 1. The quantitative estimate of drug-likeness (QED) is 0.527. The first-order valence-corrected chi connectivity index (χ1v) is 8.75. The number of hydrogen-bond donors (Lipinski definition) is 2. The molecule has 0 saturated heterocycles. The van der Waals surface area contributed by atoms with Crippen molar-refractivity contribution in [3.8, 4) is 17.2 Å². The highest BCUT2D eigenvalue weighted by molar-refractivity contribution is 5.54. The van der Waals surface area contributed by atoms with Gasteiger partial charge in [-0.05, 0) is 54.4 Å². The molecular formula is C21H19F3N2O3. The van der Waals surface area contributed by atoms with E-state index in [-0.39, 0.29) is 12.5 Å². The van der Waals surface area contributed by atoms with Crippen molar-refractivity contribution in [1.29, 1.82) is 0 Å². The summed E-state index contributed by atoms with van der Waals surface area (Å²) in [7, 11) is 0. The Labute approximate surface area is 165 Å². The van der Waals surface area contributed by atoms with E-state index in [1.54, 1.807) is 6.08 Å². The van der Waals surface area contributed by atoms with Crippen molar-refractivity contribution in [2.75, 3.05) is 6.54 Å². The molecule has 0 aliphatic carbocycles. The second-order valence-electron chi connectivity index (χ2n) is 6.35. The van der Waals surface area contributed by atoms with E-state index in [1.807, 2.05) is 36.7 Å². The highest BCUT2D eigenvalue weighted by Gasteiger charge is 2.30. The molecule has 1 heterocycles. The van der Waals surface area contributed by atoms with Crippen LogP contribution in [0.1, 0.15) is 22.4 Å². The van der Waals surface area contributed by atoms with Crippen LogP contribution in [-0.2, 0) is 12.8 Å². The number of rotatable bonds is 7. The molecule has 29 heavy (non-hydrogen) atoms. The molecule has 0 spiro atoms. The average molecular weight is 404 g/mol. The lowest BCUT2D eigenvalue weighted by Crippen LogP contribution is -2.04. The molecule has 0 amide bonds. The molecule has 0 atom stereocenters. The molecule has 0 unspecified atom stereocenters. The first-order chi connectivity index (χ1) is 13.8. The largest absolute Gasteiger partial charge is 0.487 e. The molecule has 0 aliphatic heterocycles. The van der Waals surface area contributed by atoms with Crippen LogP contribution in [0.4, 0.5) is 13.2 Å². The van der Waals surface area contributed by atoms with Crippen LogP contribution >= 0.6 is 0 Å². The predicted molar refractivity (Wildman–Crippen MR) is 101 cm³/mol. The van der Waals surface area contributed by atoms with Crippen molar-refractivity contribution in [3.05, 3.63) is 77.2 Å². The van der Waals surface area contributed by atoms with Gasteiger partial charge in [-0.15, -0.1) is 0 Å². The fourth-order valence-corrected chi connectivity index (χ4v) is 2.67. The maximum atomic E-state index is 12.7. The van der Waals surface area contributed by atoms with E-state index in [0.717, 1.165) is 23.3 Å². The van der Waals surface area contributed by atoms with Gasteiger partial charge in [0.15, 0.2) is 0 Å². The molecule has 2 N–H and O–H groups in total. The third-order valence-corrected chi connectivity index (χ3v) is 3.99. The van der Waals surface area contributed by atoms with Crippen LogP contribution in [0.5, 0.6) is 5.75 Å². The van der Waals surface area contributed by atoms with E-state index in [4.69, 9.17) is 14.4 Å². The molecule has 0 aliphatic rings. The van der Waals surface area contributed by atoms with Gasteiger partial charge in [0.1, 0.15) is 24.3 Å². The SMILES string of the molecule is Cc1cc(C=CCNO)cc(OCc2coc(-c3ccc(C(F)(F)F)cc3)n2)c1. The number of nitrogens with one attached hydrogen (secondary N) is 1. The zero-order chi connectivity index (χ0) is 20.9. The summed E-state index contributed by atoms with van der Waals surface area (Å²) in [6, 6.07) is 10.3. The summed E-state index contributed by atoms with van der Waals surface area (Å²) >= 11 is 0. The second kappa shape index (κ2) is 8.93. The fourth-order valence-electron chi connectivity index (χ4n) is 2.67. The van der Waals surface area contributed by atoms with Gasteiger partial charge in [-0.2, -0.15) is 13.2 Å². The first kappa shape index (κ1) is 20.6. The number of aryl methyl sites for hydroxylation is 1. The summed E-state index contributed by atoms with van der Waals surface area (Å²) in [6.07, 6.45) is 0.648. The first-order valence-electron chi connectivity index (χ1n) is 8.75. The molecule has 3 rings (SSSR count). The molecule has 0 fully saturated rings. The van der Waals surface area contributed by atoms with E-state index >= 15 is 0 Å². The van der Waals surface area contributed by atoms with E-state index in [9.17, 15) is 13.2 Å². The lowest BCUT2D eigenvalue weighted by molar-refractivity contribution is -0.137.